The zero-order chi connectivity index (χ0) is 15.1. The van der Waals surface area contributed by atoms with Crippen molar-refractivity contribution in [2.75, 3.05) is 5.75 Å². The van der Waals surface area contributed by atoms with E-state index in [4.69, 9.17) is 0 Å². The molecule has 0 aliphatic rings. The number of hydrogen-bond acceptors (Lipinski definition) is 1. The molecule has 0 aromatic rings. The van der Waals surface area contributed by atoms with Gasteiger partial charge in [-0.2, -0.15) is 12.6 Å². The minimum absolute atomic E-state index is 0.920. The second kappa shape index (κ2) is 43.5. The van der Waals surface area contributed by atoms with Crippen molar-refractivity contribution in [2.45, 2.75) is 92.9 Å². The molecule has 0 nitrogen and oxygen atoms in total. The smallest absolute Gasteiger partial charge is 0.00634 e. The van der Waals surface area contributed by atoms with Crippen LogP contribution >= 0.6 is 12.6 Å². The van der Waals surface area contributed by atoms with Crippen LogP contribution < -0.4 is 0 Å². The molecule has 0 aromatic carbocycles. The van der Waals surface area contributed by atoms with Crippen molar-refractivity contribution in [2.24, 2.45) is 0 Å². The van der Waals surface area contributed by atoms with E-state index < -0.39 is 0 Å². The molecule has 0 spiro atoms. The van der Waals surface area contributed by atoms with E-state index >= 15 is 0 Å². The Kier molecular flexibility index (Phi) is 64.3. The monoisotopic (exact) mass is 276 g/mol. The second-order valence-corrected chi connectivity index (χ2v) is 4.02. The molecule has 0 aliphatic carbocycles. The van der Waals surface area contributed by atoms with Gasteiger partial charge in [-0.3, -0.25) is 0 Å². The van der Waals surface area contributed by atoms with Crippen LogP contribution in [-0.4, -0.2) is 5.75 Å². The minimum atomic E-state index is 0.920. The average molecular weight is 277 g/mol. The van der Waals surface area contributed by atoms with Gasteiger partial charge in [-0.05, 0) is 12.2 Å². The Bertz CT molecular complexity index is 83.6. The molecule has 0 heterocycles. The first-order valence-electron chi connectivity index (χ1n) is 8.05. The van der Waals surface area contributed by atoms with E-state index in [0.717, 1.165) is 12.2 Å². The summed E-state index contributed by atoms with van der Waals surface area (Å²) in [5, 5.41) is 0. The fraction of sp³-hybridized carbons (Fsp3) is 0.882. The maximum Gasteiger partial charge on any atom is -0.00634 e. The summed E-state index contributed by atoms with van der Waals surface area (Å²) in [6.07, 6.45) is 12.8. The molecule has 0 aliphatic heterocycles. The molecule has 0 saturated heterocycles. The number of thiol groups is 1. The molecule has 0 aromatic heterocycles. The van der Waals surface area contributed by atoms with Crippen molar-refractivity contribution in [1.82, 2.24) is 0 Å². The topological polar surface area (TPSA) is 0 Å². The van der Waals surface area contributed by atoms with Crippen molar-refractivity contribution in [3.8, 4) is 0 Å². The van der Waals surface area contributed by atoms with Crippen molar-refractivity contribution in [3.63, 3.8) is 0 Å². The van der Waals surface area contributed by atoms with Gasteiger partial charge in [0.1, 0.15) is 0 Å². The fourth-order valence-electron chi connectivity index (χ4n) is 1.12. The van der Waals surface area contributed by atoms with Crippen LogP contribution in [0.3, 0.4) is 0 Å². The zero-order valence-electron chi connectivity index (χ0n) is 14.1. The van der Waals surface area contributed by atoms with Crippen LogP contribution in [0.4, 0.5) is 0 Å². The lowest BCUT2D eigenvalue weighted by atomic mass is 10.1. The number of rotatable bonds is 8. The second-order valence-electron chi connectivity index (χ2n) is 3.57. The summed E-state index contributed by atoms with van der Waals surface area (Å²) < 4.78 is 0. The van der Waals surface area contributed by atoms with Crippen LogP contribution in [0.25, 0.3) is 0 Å². The van der Waals surface area contributed by atoms with Gasteiger partial charge in [-0.1, -0.05) is 92.6 Å². The first-order chi connectivity index (χ1) is 8.83. The van der Waals surface area contributed by atoms with Crippen LogP contribution in [-0.2, 0) is 0 Å². The quantitative estimate of drug-likeness (QED) is 0.268. The van der Waals surface area contributed by atoms with E-state index in [0.29, 0.717) is 0 Å². The maximum absolute atomic E-state index is 3.93. The lowest BCUT2D eigenvalue weighted by Gasteiger charge is -1.96. The van der Waals surface area contributed by atoms with E-state index in [9.17, 15) is 0 Å². The maximum atomic E-state index is 3.93. The van der Waals surface area contributed by atoms with Gasteiger partial charge in [0.2, 0.25) is 0 Å². The van der Waals surface area contributed by atoms with Gasteiger partial charge in [0.05, 0.1) is 0 Å². The molecular weight excluding hydrogens is 236 g/mol. The summed E-state index contributed by atoms with van der Waals surface area (Å²) in [6, 6.07) is 0. The highest BCUT2D eigenvalue weighted by Crippen LogP contribution is 2.05. The van der Waals surface area contributed by atoms with E-state index in [-0.39, 0.29) is 0 Å². The summed E-state index contributed by atoms with van der Waals surface area (Å²) in [5.74, 6) is 0.920. The fourth-order valence-corrected chi connectivity index (χ4v) is 1.30. The third-order valence-electron chi connectivity index (χ3n) is 2.04. The van der Waals surface area contributed by atoms with Crippen LogP contribution in [0.1, 0.15) is 92.9 Å². The molecule has 0 bridgehead atoms. The highest BCUT2D eigenvalue weighted by Gasteiger charge is 1.85. The van der Waals surface area contributed by atoms with Crippen LogP contribution in [0.15, 0.2) is 12.7 Å². The highest BCUT2D eigenvalue weighted by atomic mass is 32.1. The van der Waals surface area contributed by atoms with Crippen molar-refractivity contribution < 1.29 is 0 Å². The van der Waals surface area contributed by atoms with Gasteiger partial charge < -0.3 is 0 Å². The highest BCUT2D eigenvalue weighted by molar-refractivity contribution is 7.80. The molecule has 0 saturated carbocycles. The summed E-state index contributed by atoms with van der Waals surface area (Å²) in [4.78, 5) is 0. The Balaban J connectivity index is -0.0000000925. The molecular formula is C17H40S. The summed E-state index contributed by atoms with van der Waals surface area (Å²) >= 11 is 3.93. The Morgan fingerprint density at radius 3 is 1.28 bits per heavy atom. The Labute approximate surface area is 124 Å². The standard InChI is InChI=1S/C9H20.C4H8S.2C2H6/c1-3-5-7-9-8-6-4-2;1-2-3-4-5;2*1-2/h3-9H2,1-2H3;2,5H,1,3-4H2;2*1-2H3. The van der Waals surface area contributed by atoms with E-state index in [1.807, 2.05) is 33.8 Å². The van der Waals surface area contributed by atoms with Crippen molar-refractivity contribution in [3.05, 3.63) is 12.7 Å². The molecule has 0 unspecified atom stereocenters. The summed E-state index contributed by atoms with van der Waals surface area (Å²) in [6.45, 7) is 16.0. The van der Waals surface area contributed by atoms with E-state index in [2.05, 4.69) is 33.1 Å². The van der Waals surface area contributed by atoms with Gasteiger partial charge in [-0.25, -0.2) is 0 Å². The largest absolute Gasteiger partial charge is 0.179 e. The van der Waals surface area contributed by atoms with Gasteiger partial charge in [0.25, 0.3) is 0 Å². The number of allylic oxidation sites excluding steroid dienone is 1. The first-order valence-corrected chi connectivity index (χ1v) is 8.68. The molecule has 0 amide bonds. The van der Waals surface area contributed by atoms with Crippen LogP contribution in [0.5, 0.6) is 0 Å². The van der Waals surface area contributed by atoms with Crippen LogP contribution in [0, 0.1) is 0 Å². The molecule has 114 valence electrons. The van der Waals surface area contributed by atoms with Crippen LogP contribution in [0.2, 0.25) is 0 Å². The van der Waals surface area contributed by atoms with Gasteiger partial charge in [0, 0.05) is 0 Å². The lowest BCUT2D eigenvalue weighted by molar-refractivity contribution is 0.602. The third-order valence-corrected chi connectivity index (χ3v) is 2.30. The van der Waals surface area contributed by atoms with Gasteiger partial charge in [-0.15, -0.1) is 6.58 Å². The zero-order valence-corrected chi connectivity index (χ0v) is 15.0. The summed E-state index contributed by atoms with van der Waals surface area (Å²) in [5.41, 5.74) is 0. The number of hydrogen-bond donors (Lipinski definition) is 1. The van der Waals surface area contributed by atoms with Crippen molar-refractivity contribution in [1.29, 1.82) is 0 Å². The molecule has 0 rings (SSSR count). The molecule has 0 N–H and O–H groups in total. The third kappa shape index (κ3) is 56.0. The van der Waals surface area contributed by atoms with Gasteiger partial charge >= 0.3 is 0 Å². The normalized spacial score (nSPS) is 7.72. The van der Waals surface area contributed by atoms with Gasteiger partial charge in [0.15, 0.2) is 0 Å². The minimum Gasteiger partial charge on any atom is -0.179 e. The number of unbranched alkanes of at least 4 members (excludes halogenated alkanes) is 6. The SMILES string of the molecule is C=CCCS.CC.CC.CCCCCCCCC. The Morgan fingerprint density at radius 2 is 1.11 bits per heavy atom. The Morgan fingerprint density at radius 1 is 0.778 bits per heavy atom. The summed E-state index contributed by atoms with van der Waals surface area (Å²) in [7, 11) is 0. The predicted molar refractivity (Wildman–Crippen MR) is 95.0 cm³/mol. The predicted octanol–water partition coefficient (Wildman–Crippen LogP) is 7.30. The van der Waals surface area contributed by atoms with Crippen molar-refractivity contribution >= 4 is 12.6 Å². The lowest BCUT2D eigenvalue weighted by Crippen LogP contribution is -1.76. The Hall–Kier alpha value is 0.0900. The molecule has 0 atom stereocenters. The van der Waals surface area contributed by atoms with E-state index in [1.165, 1.54) is 44.9 Å². The molecule has 0 radical (unpaired) electrons. The molecule has 0 fully saturated rings. The van der Waals surface area contributed by atoms with E-state index in [1.54, 1.807) is 0 Å². The molecule has 18 heavy (non-hydrogen) atoms. The molecule has 1 heteroatoms. The average Bonchev–Trinajstić information content (AvgIpc) is 2.45. The first kappa shape index (κ1) is 26.6.